The first-order valence-corrected chi connectivity index (χ1v) is 13.2. The van der Waals surface area contributed by atoms with E-state index < -0.39 is 12.3 Å². The number of fused-ring (bicyclic) bond motifs is 1. The zero-order valence-electron chi connectivity index (χ0n) is 20.2. The molecule has 1 amide bonds. The number of carbonyl (C=O) groups excluding carboxylic acids is 1. The lowest BCUT2D eigenvalue weighted by Crippen LogP contribution is -2.32. The van der Waals surface area contributed by atoms with Crippen molar-refractivity contribution >= 4 is 44.5 Å². The lowest BCUT2D eigenvalue weighted by molar-refractivity contribution is -0.130. The van der Waals surface area contributed by atoms with Crippen molar-refractivity contribution in [3.05, 3.63) is 98.1 Å². The fraction of sp³-hybridized carbons (Fsp3) is 0.185. The molecule has 0 saturated carbocycles. The van der Waals surface area contributed by atoms with Crippen LogP contribution in [0.3, 0.4) is 0 Å². The van der Waals surface area contributed by atoms with Crippen LogP contribution in [0.1, 0.15) is 24.3 Å². The molecule has 9 nitrogen and oxygen atoms in total. The Labute approximate surface area is 230 Å². The van der Waals surface area contributed by atoms with E-state index in [4.69, 9.17) is 21.4 Å². The van der Waals surface area contributed by atoms with Gasteiger partial charge in [0.25, 0.3) is 5.91 Å². The number of halogens is 2. The van der Waals surface area contributed by atoms with E-state index in [-0.39, 0.29) is 11.6 Å². The molecule has 5 aromatic rings. The number of rotatable bonds is 6. The summed E-state index contributed by atoms with van der Waals surface area (Å²) in [6, 6.07) is 17.1. The minimum absolute atomic E-state index is 0.0995. The zero-order chi connectivity index (χ0) is 26.4. The van der Waals surface area contributed by atoms with Crippen molar-refractivity contribution in [2.24, 2.45) is 0 Å². The van der Waals surface area contributed by atoms with E-state index in [1.165, 1.54) is 0 Å². The van der Waals surface area contributed by atoms with Crippen LogP contribution < -0.4 is 5.69 Å². The molecule has 1 saturated heterocycles. The third-order valence-corrected chi connectivity index (χ3v) is 7.29. The van der Waals surface area contributed by atoms with Crippen molar-refractivity contribution in [1.82, 2.24) is 29.6 Å². The normalized spacial score (nSPS) is 17.6. The van der Waals surface area contributed by atoms with Gasteiger partial charge in [-0.25, -0.2) is 9.48 Å². The first-order chi connectivity index (χ1) is 18.4. The van der Waals surface area contributed by atoms with Gasteiger partial charge in [0, 0.05) is 29.0 Å². The molecule has 0 radical (unpaired) electrons. The fourth-order valence-electron chi connectivity index (χ4n) is 4.64. The lowest BCUT2D eigenvalue weighted by atomic mass is 10.1. The Hall–Kier alpha value is -3.73. The summed E-state index contributed by atoms with van der Waals surface area (Å²) >= 11 is 9.56. The average molecular weight is 594 g/mol. The molecular formula is C27H22BrClN6O3. The Morgan fingerprint density at radius 2 is 1.84 bits per heavy atom. The Morgan fingerprint density at radius 3 is 2.61 bits per heavy atom. The maximum Gasteiger partial charge on any atom is 0.323 e. The van der Waals surface area contributed by atoms with Crippen molar-refractivity contribution in [2.45, 2.75) is 25.7 Å². The molecule has 1 aliphatic rings. The van der Waals surface area contributed by atoms with E-state index in [0.717, 1.165) is 32.3 Å². The van der Waals surface area contributed by atoms with Gasteiger partial charge in [0.2, 0.25) is 0 Å². The summed E-state index contributed by atoms with van der Waals surface area (Å²) in [5.74, 6) is -0.0995. The molecule has 0 aliphatic carbocycles. The maximum atomic E-state index is 13.2. The number of nitrogens with zero attached hydrogens (tertiary/aromatic N) is 4. The molecule has 6 rings (SSSR count). The van der Waals surface area contributed by atoms with Gasteiger partial charge in [-0.15, -0.1) is 0 Å². The molecule has 38 heavy (non-hydrogen) atoms. The number of pyridine rings is 1. The molecule has 1 fully saturated rings. The monoisotopic (exact) mass is 592 g/mol. The van der Waals surface area contributed by atoms with E-state index in [2.05, 4.69) is 30.9 Å². The highest BCUT2D eigenvalue weighted by Crippen LogP contribution is 2.37. The molecule has 4 heterocycles. The molecule has 11 heteroatoms. The van der Waals surface area contributed by atoms with Crippen molar-refractivity contribution in [3.63, 3.8) is 0 Å². The van der Waals surface area contributed by atoms with Crippen LogP contribution in [0.15, 0.2) is 76.3 Å². The molecule has 0 bridgehead atoms. The highest BCUT2D eigenvalue weighted by molar-refractivity contribution is 9.10. The van der Waals surface area contributed by atoms with Gasteiger partial charge in [-0.3, -0.25) is 9.78 Å². The van der Waals surface area contributed by atoms with Gasteiger partial charge in [-0.05, 0) is 67.4 Å². The number of H-pyrrole nitrogens is 2. The number of hydrogen-bond acceptors (Lipinski definition) is 5. The van der Waals surface area contributed by atoms with E-state index in [1.54, 1.807) is 34.8 Å². The van der Waals surface area contributed by atoms with Crippen molar-refractivity contribution in [2.75, 3.05) is 6.54 Å². The zero-order valence-corrected chi connectivity index (χ0v) is 22.5. The number of benzene rings is 2. The second-order valence-corrected chi connectivity index (χ2v) is 10.4. The molecular weight excluding hydrogens is 572 g/mol. The van der Waals surface area contributed by atoms with Crippen LogP contribution in [0, 0.1) is 0 Å². The summed E-state index contributed by atoms with van der Waals surface area (Å²) in [5, 5.41) is 5.35. The predicted molar refractivity (Wildman–Crippen MR) is 147 cm³/mol. The van der Waals surface area contributed by atoms with Crippen LogP contribution in [0.25, 0.3) is 28.1 Å². The van der Waals surface area contributed by atoms with E-state index >= 15 is 0 Å². The molecule has 3 aromatic heterocycles. The lowest BCUT2D eigenvalue weighted by Gasteiger charge is -2.23. The van der Waals surface area contributed by atoms with Gasteiger partial charge in [-0.2, -0.15) is 5.10 Å². The Balaban J connectivity index is 1.36. The molecule has 2 aromatic carbocycles. The third-order valence-electron chi connectivity index (χ3n) is 6.54. The van der Waals surface area contributed by atoms with Crippen LogP contribution in [-0.2, 0) is 16.0 Å². The highest BCUT2D eigenvalue weighted by Gasteiger charge is 2.40. The number of imidazole rings is 1. The number of amides is 1. The number of hydrogen-bond donors (Lipinski definition) is 2. The van der Waals surface area contributed by atoms with Crippen LogP contribution in [0.5, 0.6) is 0 Å². The van der Waals surface area contributed by atoms with Gasteiger partial charge >= 0.3 is 5.69 Å². The maximum absolute atomic E-state index is 13.2. The quantitative estimate of drug-likeness (QED) is 0.288. The predicted octanol–water partition coefficient (Wildman–Crippen LogP) is 5.01. The minimum Gasteiger partial charge on any atom is -0.341 e. The van der Waals surface area contributed by atoms with Crippen LogP contribution in [0.4, 0.5) is 0 Å². The van der Waals surface area contributed by atoms with E-state index in [1.807, 2.05) is 48.7 Å². The van der Waals surface area contributed by atoms with Crippen molar-refractivity contribution in [1.29, 1.82) is 0 Å². The van der Waals surface area contributed by atoms with Gasteiger partial charge < -0.3 is 19.6 Å². The highest BCUT2D eigenvalue weighted by atomic mass is 79.9. The molecule has 2 N–H and O–H groups in total. The number of aromatic nitrogens is 5. The SMILES string of the molecule is C[C@H]1O[C@@H](c2cn(-c3ccc(Br)cc3)nc2-c2ccc(Cl)cn2)N(CCc2ccc3[nH]c(=O)[nH]c3c2)C1=O. The van der Waals surface area contributed by atoms with E-state index in [9.17, 15) is 9.59 Å². The average Bonchev–Trinajstić information content (AvgIpc) is 3.58. The molecule has 1 aliphatic heterocycles. The number of carbonyl (C=O) groups is 1. The van der Waals surface area contributed by atoms with Crippen molar-refractivity contribution < 1.29 is 9.53 Å². The molecule has 0 unspecified atom stereocenters. The van der Waals surface area contributed by atoms with Gasteiger partial charge in [-0.1, -0.05) is 33.6 Å². The summed E-state index contributed by atoms with van der Waals surface area (Å²) in [6.07, 6.45) is 2.78. The van der Waals surface area contributed by atoms with E-state index in [0.29, 0.717) is 29.4 Å². The summed E-state index contributed by atoms with van der Waals surface area (Å²) in [5.41, 5.74) is 5.02. The Kier molecular flexibility index (Phi) is 6.38. The first kappa shape index (κ1) is 24.6. The minimum atomic E-state index is -0.648. The number of nitrogens with one attached hydrogen (secondary N) is 2. The van der Waals surface area contributed by atoms with Gasteiger partial charge in [0.15, 0.2) is 6.23 Å². The molecule has 192 valence electrons. The summed E-state index contributed by atoms with van der Waals surface area (Å²) in [6.45, 7) is 2.18. The largest absolute Gasteiger partial charge is 0.341 e. The third kappa shape index (κ3) is 4.66. The number of aromatic amines is 2. The van der Waals surface area contributed by atoms with Crippen LogP contribution >= 0.6 is 27.5 Å². The Morgan fingerprint density at radius 1 is 1.05 bits per heavy atom. The second-order valence-electron chi connectivity index (χ2n) is 9.09. The Bertz CT molecular complexity index is 1690. The smallest absolute Gasteiger partial charge is 0.323 e. The standard InChI is InChI=1S/C27H22BrClN6O3/c1-15-25(36)34(11-10-16-2-8-21-23(12-16)32-27(37)31-21)26(38-15)20-14-35(19-6-3-17(28)4-7-19)33-24(20)22-9-5-18(29)13-30-22/h2-9,12-15,26H,10-11H2,1H3,(H2,31,32,37)/t15-,26+/m1/s1. The second kappa shape index (κ2) is 9.86. The van der Waals surface area contributed by atoms with Gasteiger partial charge in [0.1, 0.15) is 11.8 Å². The fourth-order valence-corrected chi connectivity index (χ4v) is 5.01. The molecule has 2 atom stereocenters. The van der Waals surface area contributed by atoms with Gasteiger partial charge in [0.05, 0.1) is 27.4 Å². The van der Waals surface area contributed by atoms with Crippen LogP contribution in [-0.4, -0.2) is 48.2 Å². The summed E-state index contributed by atoms with van der Waals surface area (Å²) in [4.78, 5) is 36.6. The van der Waals surface area contributed by atoms with Crippen LogP contribution in [0.2, 0.25) is 5.02 Å². The molecule has 0 spiro atoms. The summed E-state index contributed by atoms with van der Waals surface area (Å²) in [7, 11) is 0. The summed E-state index contributed by atoms with van der Waals surface area (Å²) < 4.78 is 8.92. The topological polar surface area (TPSA) is 109 Å². The van der Waals surface area contributed by atoms with Crippen molar-refractivity contribution in [3.8, 4) is 17.1 Å². The first-order valence-electron chi connectivity index (χ1n) is 12.0. The number of ether oxygens (including phenoxy) is 1.